The van der Waals surface area contributed by atoms with Crippen LogP contribution in [0.4, 0.5) is 0 Å². The van der Waals surface area contributed by atoms with E-state index >= 15 is 0 Å². The van der Waals surface area contributed by atoms with Gasteiger partial charge in [0.25, 0.3) is 11.8 Å². The van der Waals surface area contributed by atoms with E-state index < -0.39 is 11.8 Å². The zero-order chi connectivity index (χ0) is 19.8. The number of nitrogens with one attached hydrogen (secondary N) is 1. The molecule has 0 bridgehead atoms. The molecule has 0 saturated carbocycles. The van der Waals surface area contributed by atoms with Crippen LogP contribution < -0.4 is 5.32 Å². The van der Waals surface area contributed by atoms with Crippen molar-refractivity contribution in [3.05, 3.63) is 71.8 Å². The second kappa shape index (κ2) is 6.98. The molecule has 138 valence electrons. The first kappa shape index (κ1) is 18.0. The number of hydrogen-bond donors (Lipinski definition) is 1. The molecule has 1 fully saturated rings. The van der Waals surface area contributed by atoms with Gasteiger partial charge in [0, 0.05) is 17.3 Å². The van der Waals surface area contributed by atoms with E-state index in [1.807, 2.05) is 49.4 Å². The molecule has 1 aromatic heterocycles. The van der Waals surface area contributed by atoms with Gasteiger partial charge in [-0.1, -0.05) is 35.9 Å². The first-order valence-electron chi connectivity index (χ1n) is 8.78. The van der Waals surface area contributed by atoms with E-state index in [0.717, 1.165) is 32.9 Å². The van der Waals surface area contributed by atoms with Crippen LogP contribution in [0.1, 0.15) is 11.1 Å². The van der Waals surface area contributed by atoms with Gasteiger partial charge in [0.1, 0.15) is 5.57 Å². The Hall–Kier alpha value is -3.38. The summed E-state index contributed by atoms with van der Waals surface area (Å²) in [7, 11) is 0. The zero-order valence-corrected chi connectivity index (χ0v) is 16.0. The summed E-state index contributed by atoms with van der Waals surface area (Å²) in [6.07, 6.45) is 3.21. The highest BCUT2D eigenvalue weighted by atomic mass is 32.1. The first-order valence-corrected chi connectivity index (χ1v) is 9.19. The number of carbonyl (C=O) groups is 2. The molecule has 28 heavy (non-hydrogen) atoms. The summed E-state index contributed by atoms with van der Waals surface area (Å²) in [4.78, 5) is 31.5. The fraction of sp³-hybridized carbons (Fsp3) is 0.0909. The van der Waals surface area contributed by atoms with Gasteiger partial charge in [-0.15, -0.1) is 6.58 Å². The number of amides is 2. The molecule has 0 unspecified atom stereocenters. The molecule has 1 N–H and O–H groups in total. The van der Waals surface area contributed by atoms with Crippen LogP contribution in [0.25, 0.3) is 27.9 Å². The Bertz CT molecular complexity index is 1210. The van der Waals surface area contributed by atoms with E-state index in [4.69, 9.17) is 17.2 Å². The smallest absolute Gasteiger partial charge is 0.265 e. The molecule has 2 amide bonds. The van der Waals surface area contributed by atoms with Gasteiger partial charge in [-0.2, -0.15) is 0 Å². The highest BCUT2D eigenvalue weighted by molar-refractivity contribution is 7.80. The lowest BCUT2D eigenvalue weighted by molar-refractivity contribution is -0.128. The number of para-hydroxylation sites is 1. The van der Waals surface area contributed by atoms with Crippen LogP contribution in [0, 0.1) is 6.92 Å². The zero-order valence-electron chi connectivity index (χ0n) is 15.2. The number of benzene rings is 2. The maximum Gasteiger partial charge on any atom is 0.265 e. The van der Waals surface area contributed by atoms with Crippen molar-refractivity contribution in [3.63, 3.8) is 0 Å². The molecule has 0 radical (unpaired) electrons. The molecule has 1 aliphatic heterocycles. The Labute approximate surface area is 167 Å². The van der Waals surface area contributed by atoms with Gasteiger partial charge in [-0.05, 0) is 49.0 Å². The molecule has 1 aliphatic rings. The molecule has 6 heteroatoms. The van der Waals surface area contributed by atoms with Gasteiger partial charge in [-0.3, -0.25) is 19.8 Å². The molecule has 4 rings (SSSR count). The number of fused-ring (bicyclic) bond motifs is 2. The predicted molar refractivity (Wildman–Crippen MR) is 115 cm³/mol. The summed E-state index contributed by atoms with van der Waals surface area (Å²) in [6, 6.07) is 13.6. The summed E-state index contributed by atoms with van der Waals surface area (Å²) >= 11 is 5.12. The molecule has 0 atom stereocenters. The summed E-state index contributed by atoms with van der Waals surface area (Å²) < 4.78 is 0. The van der Waals surface area contributed by atoms with Crippen LogP contribution >= 0.6 is 12.2 Å². The fourth-order valence-corrected chi connectivity index (χ4v) is 3.58. The minimum atomic E-state index is -0.503. The highest BCUT2D eigenvalue weighted by Crippen LogP contribution is 2.29. The molecule has 2 aromatic carbocycles. The van der Waals surface area contributed by atoms with E-state index in [0.29, 0.717) is 0 Å². The van der Waals surface area contributed by atoms with Crippen molar-refractivity contribution in [1.29, 1.82) is 0 Å². The predicted octanol–water partition coefficient (Wildman–Crippen LogP) is 3.51. The van der Waals surface area contributed by atoms with Crippen LogP contribution in [0.3, 0.4) is 0 Å². The summed E-state index contributed by atoms with van der Waals surface area (Å²) in [5.74, 6) is -0.938. The topological polar surface area (TPSA) is 62.3 Å². The van der Waals surface area contributed by atoms with Gasteiger partial charge < -0.3 is 0 Å². The Morgan fingerprint density at radius 2 is 1.89 bits per heavy atom. The quantitative estimate of drug-likeness (QED) is 0.246. The summed E-state index contributed by atoms with van der Waals surface area (Å²) in [5.41, 5.74) is 3.49. The van der Waals surface area contributed by atoms with Crippen molar-refractivity contribution in [2.75, 3.05) is 6.54 Å². The van der Waals surface area contributed by atoms with Crippen LogP contribution in [-0.2, 0) is 9.59 Å². The number of hydrogen-bond acceptors (Lipinski definition) is 4. The van der Waals surface area contributed by atoms with Crippen molar-refractivity contribution < 1.29 is 9.59 Å². The number of aromatic nitrogens is 1. The van der Waals surface area contributed by atoms with Crippen LogP contribution in [0.2, 0.25) is 0 Å². The van der Waals surface area contributed by atoms with Crippen molar-refractivity contribution >= 4 is 57.0 Å². The summed E-state index contributed by atoms with van der Waals surface area (Å²) in [6.45, 7) is 5.87. The van der Waals surface area contributed by atoms with E-state index in [1.165, 1.54) is 4.90 Å². The third-order valence-corrected chi connectivity index (χ3v) is 4.99. The van der Waals surface area contributed by atoms with Gasteiger partial charge in [0.15, 0.2) is 5.11 Å². The number of nitrogens with zero attached hydrogens (tertiary/aromatic N) is 2. The molecule has 5 nitrogen and oxygen atoms in total. The number of thiocarbonyl (C=S) groups is 1. The van der Waals surface area contributed by atoms with Crippen LogP contribution in [0.15, 0.2) is 60.7 Å². The molecular formula is C22H17N3O2S. The van der Waals surface area contributed by atoms with Gasteiger partial charge in [-0.25, -0.2) is 4.98 Å². The maximum atomic E-state index is 12.9. The minimum absolute atomic E-state index is 0.0367. The Morgan fingerprint density at radius 1 is 1.14 bits per heavy atom. The average molecular weight is 387 g/mol. The lowest BCUT2D eigenvalue weighted by Gasteiger charge is -2.28. The van der Waals surface area contributed by atoms with Crippen molar-refractivity contribution in [3.8, 4) is 0 Å². The van der Waals surface area contributed by atoms with E-state index in [9.17, 15) is 9.59 Å². The lowest BCUT2D eigenvalue weighted by atomic mass is 9.98. The lowest BCUT2D eigenvalue weighted by Crippen LogP contribution is -2.53. The molecular weight excluding hydrogens is 370 g/mol. The fourth-order valence-electron chi connectivity index (χ4n) is 3.33. The van der Waals surface area contributed by atoms with E-state index in [-0.39, 0.29) is 17.2 Å². The standard InChI is InChI=1S/C22H17N3O2S/c1-3-10-25-21(27)17(20(26)24-22(25)28)12-15-14-6-4-5-7-18(14)23-19-9-8-13(2)11-16(15)19/h3-9,11-12H,1,10H2,2H3,(H,24,26,28)/b17-12+. The molecule has 3 aromatic rings. The number of aryl methyl sites for hydroxylation is 1. The first-order chi connectivity index (χ1) is 13.5. The second-order valence-corrected chi connectivity index (χ2v) is 6.97. The van der Waals surface area contributed by atoms with Crippen molar-refractivity contribution in [1.82, 2.24) is 15.2 Å². The van der Waals surface area contributed by atoms with Crippen molar-refractivity contribution in [2.24, 2.45) is 0 Å². The SMILES string of the molecule is C=CCN1C(=O)/C(=C/c2c3ccccc3nc3ccc(C)cc23)C(=O)NC1=S. The van der Waals surface area contributed by atoms with Crippen LogP contribution in [0.5, 0.6) is 0 Å². The highest BCUT2D eigenvalue weighted by Gasteiger charge is 2.32. The van der Waals surface area contributed by atoms with Gasteiger partial charge in [0.2, 0.25) is 0 Å². The maximum absolute atomic E-state index is 12.9. The number of rotatable bonds is 3. The summed E-state index contributed by atoms with van der Waals surface area (Å²) in [5, 5.41) is 4.44. The monoisotopic (exact) mass is 387 g/mol. The normalized spacial score (nSPS) is 16.1. The molecule has 0 spiro atoms. The largest absolute Gasteiger partial charge is 0.298 e. The third kappa shape index (κ3) is 2.97. The van der Waals surface area contributed by atoms with Crippen LogP contribution in [-0.4, -0.2) is 33.4 Å². The van der Waals surface area contributed by atoms with Gasteiger partial charge in [0.05, 0.1) is 11.0 Å². The molecule has 1 saturated heterocycles. The van der Waals surface area contributed by atoms with Gasteiger partial charge >= 0.3 is 0 Å². The molecule has 2 heterocycles. The number of carbonyl (C=O) groups excluding carboxylic acids is 2. The number of pyridine rings is 1. The Morgan fingerprint density at radius 3 is 2.68 bits per heavy atom. The minimum Gasteiger partial charge on any atom is -0.298 e. The third-order valence-electron chi connectivity index (χ3n) is 4.66. The van der Waals surface area contributed by atoms with E-state index in [1.54, 1.807) is 12.2 Å². The van der Waals surface area contributed by atoms with Crippen molar-refractivity contribution in [2.45, 2.75) is 6.92 Å². The Balaban J connectivity index is 2.00. The molecule has 0 aliphatic carbocycles. The Kier molecular flexibility index (Phi) is 4.49. The average Bonchev–Trinajstić information content (AvgIpc) is 2.68. The second-order valence-electron chi connectivity index (χ2n) is 6.58. The van der Waals surface area contributed by atoms with E-state index in [2.05, 4.69) is 11.9 Å².